The van der Waals surface area contributed by atoms with Gasteiger partial charge in [-0.25, -0.2) is 9.37 Å². The topological polar surface area (TPSA) is 37.8 Å². The van der Waals surface area contributed by atoms with Gasteiger partial charge in [0.2, 0.25) is 0 Å². The Kier molecular flexibility index (Phi) is 4.31. The lowest BCUT2D eigenvalue weighted by Gasteiger charge is -2.05. The summed E-state index contributed by atoms with van der Waals surface area (Å²) in [7, 11) is 0. The number of hydrogen-bond donors (Lipinski definition) is 1. The molecule has 0 unspecified atom stereocenters. The second-order valence-electron chi connectivity index (χ2n) is 6.00. The highest BCUT2D eigenvalue weighted by Gasteiger charge is 2.22. The van der Waals surface area contributed by atoms with E-state index in [1.54, 1.807) is 23.6 Å². The fourth-order valence-electron chi connectivity index (χ4n) is 2.26. The molecule has 112 valence electrons. The Balaban J connectivity index is 1.88. The highest BCUT2D eigenvalue weighted by molar-refractivity contribution is 7.15. The number of thiazole rings is 1. The van der Waals surface area contributed by atoms with Crippen LogP contribution in [0.2, 0.25) is 0 Å². The quantitative estimate of drug-likeness (QED) is 0.882. The van der Waals surface area contributed by atoms with Crippen LogP contribution in [0.1, 0.15) is 37.3 Å². The third-order valence-electron chi connectivity index (χ3n) is 3.51. The van der Waals surface area contributed by atoms with Crippen molar-refractivity contribution in [2.24, 2.45) is 5.92 Å². The molecule has 1 fully saturated rings. The molecule has 0 spiro atoms. The van der Waals surface area contributed by atoms with Crippen molar-refractivity contribution in [2.75, 3.05) is 0 Å². The molecule has 0 aliphatic heterocycles. The summed E-state index contributed by atoms with van der Waals surface area (Å²) in [6.07, 6.45) is 6.34. The van der Waals surface area contributed by atoms with Gasteiger partial charge in [0.25, 0.3) is 0 Å². The van der Waals surface area contributed by atoms with Gasteiger partial charge >= 0.3 is 0 Å². The molecule has 1 N–H and O–H groups in total. The van der Waals surface area contributed by atoms with Crippen LogP contribution in [0.15, 0.2) is 18.5 Å². The summed E-state index contributed by atoms with van der Waals surface area (Å²) < 4.78 is 13.9. The van der Waals surface area contributed by atoms with Crippen molar-refractivity contribution in [3.63, 3.8) is 0 Å². The normalized spacial score (nSPS) is 14.9. The Bertz CT molecular complexity index is 620. The number of hydrogen-bond acceptors (Lipinski definition) is 4. The van der Waals surface area contributed by atoms with Crippen LogP contribution < -0.4 is 5.32 Å². The molecule has 0 bridgehead atoms. The summed E-state index contributed by atoms with van der Waals surface area (Å²) in [6.45, 7) is 5.21. The van der Waals surface area contributed by atoms with Crippen LogP contribution in [0, 0.1) is 11.7 Å². The maximum atomic E-state index is 13.9. The van der Waals surface area contributed by atoms with E-state index in [-0.39, 0.29) is 5.82 Å². The van der Waals surface area contributed by atoms with E-state index >= 15 is 0 Å². The summed E-state index contributed by atoms with van der Waals surface area (Å²) in [5.74, 6) is 0.242. The molecular formula is C16H20FN3S. The Morgan fingerprint density at radius 1 is 1.43 bits per heavy atom. The van der Waals surface area contributed by atoms with Crippen LogP contribution in [-0.2, 0) is 13.0 Å². The van der Waals surface area contributed by atoms with Gasteiger partial charge < -0.3 is 5.32 Å². The molecular weight excluding hydrogens is 285 g/mol. The van der Waals surface area contributed by atoms with Crippen molar-refractivity contribution in [3.8, 4) is 10.6 Å². The summed E-state index contributed by atoms with van der Waals surface area (Å²) in [5, 5.41) is 4.29. The third-order valence-corrected chi connectivity index (χ3v) is 4.64. The first-order chi connectivity index (χ1) is 10.1. The Morgan fingerprint density at radius 2 is 2.24 bits per heavy atom. The highest BCUT2D eigenvalue weighted by atomic mass is 32.1. The van der Waals surface area contributed by atoms with Crippen molar-refractivity contribution in [2.45, 2.75) is 45.7 Å². The van der Waals surface area contributed by atoms with Gasteiger partial charge in [-0.3, -0.25) is 4.98 Å². The molecule has 0 amide bonds. The largest absolute Gasteiger partial charge is 0.309 e. The van der Waals surface area contributed by atoms with E-state index in [1.165, 1.54) is 23.9 Å². The Morgan fingerprint density at radius 3 is 2.90 bits per heavy atom. The second-order valence-corrected chi connectivity index (χ2v) is 7.08. The first-order valence-corrected chi connectivity index (χ1v) is 8.27. The zero-order valence-electron chi connectivity index (χ0n) is 12.4. The molecule has 1 aliphatic rings. The van der Waals surface area contributed by atoms with Gasteiger partial charge in [0.15, 0.2) is 5.82 Å². The van der Waals surface area contributed by atoms with Gasteiger partial charge in [-0.1, -0.05) is 13.8 Å². The van der Waals surface area contributed by atoms with Crippen molar-refractivity contribution < 1.29 is 4.39 Å². The van der Waals surface area contributed by atoms with Crippen LogP contribution in [0.4, 0.5) is 4.39 Å². The zero-order valence-corrected chi connectivity index (χ0v) is 13.2. The SMILES string of the molecule is CC(C)Cc1nc(-c2ccncc2F)sc1CNC1CC1. The molecule has 0 atom stereocenters. The van der Waals surface area contributed by atoms with E-state index in [9.17, 15) is 4.39 Å². The van der Waals surface area contributed by atoms with E-state index in [2.05, 4.69) is 24.1 Å². The molecule has 5 heteroatoms. The minimum absolute atomic E-state index is 0.302. The number of nitrogens with one attached hydrogen (secondary N) is 1. The van der Waals surface area contributed by atoms with Crippen molar-refractivity contribution >= 4 is 11.3 Å². The fourth-order valence-corrected chi connectivity index (χ4v) is 3.32. The molecule has 21 heavy (non-hydrogen) atoms. The molecule has 2 aromatic heterocycles. The average Bonchev–Trinajstić information content (AvgIpc) is 3.19. The van der Waals surface area contributed by atoms with Crippen LogP contribution in [0.25, 0.3) is 10.6 Å². The van der Waals surface area contributed by atoms with Gasteiger partial charge in [-0.2, -0.15) is 0 Å². The number of nitrogens with zero attached hydrogens (tertiary/aromatic N) is 2. The molecule has 2 heterocycles. The van der Waals surface area contributed by atoms with E-state index in [0.29, 0.717) is 17.5 Å². The smallest absolute Gasteiger partial charge is 0.151 e. The first-order valence-electron chi connectivity index (χ1n) is 7.45. The fraction of sp³-hybridized carbons (Fsp3) is 0.500. The van der Waals surface area contributed by atoms with Crippen LogP contribution in [-0.4, -0.2) is 16.0 Å². The molecule has 0 radical (unpaired) electrons. The van der Waals surface area contributed by atoms with Gasteiger partial charge in [0.05, 0.1) is 11.9 Å². The second kappa shape index (κ2) is 6.20. The molecule has 1 saturated carbocycles. The zero-order chi connectivity index (χ0) is 14.8. The highest BCUT2D eigenvalue weighted by Crippen LogP contribution is 2.31. The van der Waals surface area contributed by atoms with Gasteiger partial charge in [0.1, 0.15) is 5.01 Å². The van der Waals surface area contributed by atoms with Crippen molar-refractivity contribution in [1.29, 1.82) is 0 Å². The maximum absolute atomic E-state index is 13.9. The van der Waals surface area contributed by atoms with Gasteiger partial charge in [0, 0.05) is 29.2 Å². The summed E-state index contributed by atoms with van der Waals surface area (Å²) in [4.78, 5) is 9.73. The van der Waals surface area contributed by atoms with Crippen molar-refractivity contribution in [3.05, 3.63) is 34.8 Å². The molecule has 3 nitrogen and oxygen atoms in total. The summed E-state index contributed by atoms with van der Waals surface area (Å²) in [5.41, 5.74) is 1.66. The van der Waals surface area contributed by atoms with Crippen LogP contribution in [0.5, 0.6) is 0 Å². The van der Waals surface area contributed by atoms with Crippen LogP contribution in [0.3, 0.4) is 0 Å². The Labute approximate surface area is 128 Å². The maximum Gasteiger partial charge on any atom is 0.151 e. The lowest BCUT2D eigenvalue weighted by Crippen LogP contribution is -2.15. The van der Waals surface area contributed by atoms with Crippen LogP contribution >= 0.6 is 11.3 Å². The lowest BCUT2D eigenvalue weighted by atomic mass is 10.1. The molecule has 2 aromatic rings. The first kappa shape index (κ1) is 14.6. The Hall–Kier alpha value is -1.33. The summed E-state index contributed by atoms with van der Waals surface area (Å²) >= 11 is 1.60. The van der Waals surface area contributed by atoms with Gasteiger partial charge in [-0.05, 0) is 31.2 Å². The third kappa shape index (κ3) is 3.66. The lowest BCUT2D eigenvalue weighted by molar-refractivity contribution is 0.620. The number of rotatable bonds is 6. The minimum atomic E-state index is -0.302. The number of aromatic nitrogens is 2. The minimum Gasteiger partial charge on any atom is -0.309 e. The number of pyridine rings is 1. The van der Waals surface area contributed by atoms with Crippen molar-refractivity contribution in [1.82, 2.24) is 15.3 Å². The van der Waals surface area contributed by atoms with E-state index in [4.69, 9.17) is 4.98 Å². The van der Waals surface area contributed by atoms with E-state index in [0.717, 1.165) is 23.7 Å². The molecule has 0 aromatic carbocycles. The standard InChI is InChI=1S/C16H20FN3S/c1-10(2)7-14-15(9-19-11-3-4-11)21-16(20-14)12-5-6-18-8-13(12)17/h5-6,8,10-11,19H,3-4,7,9H2,1-2H3. The van der Waals surface area contributed by atoms with E-state index in [1.807, 2.05) is 0 Å². The summed E-state index contributed by atoms with van der Waals surface area (Å²) in [6, 6.07) is 2.37. The monoisotopic (exact) mass is 305 g/mol. The predicted octanol–water partition coefficient (Wildman–Crippen LogP) is 3.79. The number of halogens is 1. The van der Waals surface area contributed by atoms with Gasteiger partial charge in [-0.15, -0.1) is 11.3 Å². The molecule has 3 rings (SSSR count). The molecule has 0 saturated heterocycles. The van der Waals surface area contributed by atoms with E-state index < -0.39 is 0 Å². The molecule has 1 aliphatic carbocycles. The average molecular weight is 305 g/mol. The predicted molar refractivity (Wildman–Crippen MR) is 83.7 cm³/mol.